The zero-order valence-corrected chi connectivity index (χ0v) is 21.9. The third kappa shape index (κ3) is 6.00. The Morgan fingerprint density at radius 1 is 1.08 bits per heavy atom. The first-order valence-corrected chi connectivity index (χ1v) is 12.6. The van der Waals surface area contributed by atoms with Gasteiger partial charge in [-0.05, 0) is 32.3 Å². The van der Waals surface area contributed by atoms with Crippen molar-refractivity contribution in [1.82, 2.24) is 19.7 Å². The van der Waals surface area contributed by atoms with E-state index in [4.69, 9.17) is 16.3 Å². The van der Waals surface area contributed by atoms with Crippen LogP contribution in [0.15, 0.2) is 48.7 Å². The lowest BCUT2D eigenvalue weighted by atomic mass is 10.1. The second kappa shape index (κ2) is 11.8. The molecule has 2 aromatic carbocycles. The number of rotatable bonds is 9. The molecule has 1 aliphatic heterocycles. The van der Waals surface area contributed by atoms with Crippen molar-refractivity contribution in [2.75, 3.05) is 65.4 Å². The molecule has 1 aliphatic rings. The molecule has 1 saturated heterocycles. The third-order valence-electron chi connectivity index (χ3n) is 6.47. The van der Waals surface area contributed by atoms with Crippen LogP contribution in [0, 0.1) is 0 Å². The van der Waals surface area contributed by atoms with Crippen molar-refractivity contribution in [3.63, 3.8) is 0 Å². The molecule has 1 fully saturated rings. The summed E-state index contributed by atoms with van der Waals surface area (Å²) < 4.78 is 7.17. The second-order valence-electron chi connectivity index (χ2n) is 9.33. The maximum absolute atomic E-state index is 13.6. The molecule has 4 rings (SSSR count). The molecule has 0 unspecified atom stereocenters. The first-order valence-electron chi connectivity index (χ1n) is 12.2. The predicted molar refractivity (Wildman–Crippen MR) is 144 cm³/mol. The van der Waals surface area contributed by atoms with E-state index in [-0.39, 0.29) is 18.4 Å². The Balaban J connectivity index is 1.49. The van der Waals surface area contributed by atoms with E-state index in [1.807, 2.05) is 52.7 Å². The van der Waals surface area contributed by atoms with Crippen LogP contribution < -0.4 is 10.2 Å². The molecule has 8 nitrogen and oxygen atoms in total. The van der Waals surface area contributed by atoms with Gasteiger partial charge in [0.15, 0.2) is 0 Å². The van der Waals surface area contributed by atoms with Crippen molar-refractivity contribution in [3.05, 3.63) is 64.8 Å². The Labute approximate surface area is 217 Å². The van der Waals surface area contributed by atoms with Gasteiger partial charge in [0.1, 0.15) is 6.54 Å². The Kier molecular flexibility index (Phi) is 8.51. The monoisotopic (exact) mass is 511 g/mol. The number of aromatic nitrogens is 1. The molecule has 2 amide bonds. The SMILES string of the molecule is COCc1ccccc1N1CCN(C(=O)c2cn(CC(=O)NCCN(C)C)c3cc(Cl)ccc23)CC1. The van der Waals surface area contributed by atoms with Gasteiger partial charge in [-0.15, -0.1) is 0 Å². The summed E-state index contributed by atoms with van der Waals surface area (Å²) in [6, 6.07) is 13.7. The van der Waals surface area contributed by atoms with Crippen molar-refractivity contribution in [3.8, 4) is 0 Å². The number of ether oxygens (including phenoxy) is 1. The van der Waals surface area contributed by atoms with Crippen LogP contribution in [-0.2, 0) is 22.7 Å². The number of anilines is 1. The number of benzene rings is 2. The van der Waals surface area contributed by atoms with Gasteiger partial charge in [-0.25, -0.2) is 0 Å². The second-order valence-corrected chi connectivity index (χ2v) is 9.76. The van der Waals surface area contributed by atoms with E-state index >= 15 is 0 Å². The largest absolute Gasteiger partial charge is 0.380 e. The van der Waals surface area contributed by atoms with Crippen LogP contribution in [0.3, 0.4) is 0 Å². The average Bonchev–Trinajstić information content (AvgIpc) is 3.21. The van der Waals surface area contributed by atoms with Gasteiger partial charge >= 0.3 is 0 Å². The van der Waals surface area contributed by atoms with E-state index in [2.05, 4.69) is 22.3 Å². The van der Waals surface area contributed by atoms with E-state index in [9.17, 15) is 9.59 Å². The van der Waals surface area contributed by atoms with E-state index in [0.717, 1.165) is 41.8 Å². The van der Waals surface area contributed by atoms with Crippen LogP contribution in [0.4, 0.5) is 5.69 Å². The quantitative estimate of drug-likeness (QED) is 0.478. The number of halogens is 1. The predicted octanol–water partition coefficient (Wildman–Crippen LogP) is 3.08. The molecule has 0 radical (unpaired) electrons. The number of amides is 2. The molecule has 0 bridgehead atoms. The van der Waals surface area contributed by atoms with Gasteiger partial charge in [0.2, 0.25) is 5.91 Å². The van der Waals surface area contributed by atoms with Gasteiger partial charge in [-0.1, -0.05) is 35.9 Å². The zero-order chi connectivity index (χ0) is 25.7. The minimum absolute atomic E-state index is 0.0288. The summed E-state index contributed by atoms with van der Waals surface area (Å²) in [6.07, 6.45) is 1.79. The summed E-state index contributed by atoms with van der Waals surface area (Å²) in [5, 5.41) is 4.30. The highest BCUT2D eigenvalue weighted by molar-refractivity contribution is 6.31. The summed E-state index contributed by atoms with van der Waals surface area (Å²) in [5.41, 5.74) is 3.67. The van der Waals surface area contributed by atoms with Gasteiger partial charge in [-0.2, -0.15) is 0 Å². The van der Waals surface area contributed by atoms with Crippen molar-refractivity contribution < 1.29 is 14.3 Å². The van der Waals surface area contributed by atoms with Crippen LogP contribution in [-0.4, -0.2) is 86.7 Å². The van der Waals surface area contributed by atoms with Crippen molar-refractivity contribution >= 4 is 40.0 Å². The fraction of sp³-hybridized carbons (Fsp3) is 0.407. The van der Waals surface area contributed by atoms with Crippen molar-refractivity contribution in [2.24, 2.45) is 0 Å². The fourth-order valence-electron chi connectivity index (χ4n) is 4.61. The number of methoxy groups -OCH3 is 1. The van der Waals surface area contributed by atoms with E-state index in [1.54, 1.807) is 19.4 Å². The molecule has 192 valence electrons. The van der Waals surface area contributed by atoms with E-state index < -0.39 is 0 Å². The molecule has 36 heavy (non-hydrogen) atoms. The molecular weight excluding hydrogens is 478 g/mol. The number of carbonyl (C=O) groups excluding carboxylic acids is 2. The molecular formula is C27H34ClN5O3. The Bertz CT molecular complexity index is 1220. The lowest BCUT2D eigenvalue weighted by Crippen LogP contribution is -2.49. The van der Waals surface area contributed by atoms with Crippen molar-refractivity contribution in [1.29, 1.82) is 0 Å². The molecule has 1 aromatic heterocycles. The standard InChI is InChI=1S/C27H34ClN5O3/c1-30(2)11-10-29-26(34)18-33-17-23(22-9-8-21(28)16-25(22)33)27(35)32-14-12-31(13-15-32)24-7-5-4-6-20(24)19-36-3/h4-9,16-17H,10-15,18-19H2,1-3H3,(H,29,34). The Morgan fingerprint density at radius 2 is 1.83 bits per heavy atom. The topological polar surface area (TPSA) is 70.0 Å². The average molecular weight is 512 g/mol. The summed E-state index contributed by atoms with van der Waals surface area (Å²) in [7, 11) is 5.62. The molecule has 0 spiro atoms. The molecule has 9 heteroatoms. The number of hydrogen-bond acceptors (Lipinski definition) is 5. The maximum Gasteiger partial charge on any atom is 0.256 e. The Morgan fingerprint density at radius 3 is 2.56 bits per heavy atom. The lowest BCUT2D eigenvalue weighted by Gasteiger charge is -2.37. The summed E-state index contributed by atoms with van der Waals surface area (Å²) in [6.45, 7) is 4.72. The van der Waals surface area contributed by atoms with Crippen molar-refractivity contribution in [2.45, 2.75) is 13.2 Å². The smallest absolute Gasteiger partial charge is 0.256 e. The number of nitrogens with zero attached hydrogens (tertiary/aromatic N) is 4. The lowest BCUT2D eigenvalue weighted by molar-refractivity contribution is -0.121. The van der Waals surface area contributed by atoms with Crippen LogP contribution in [0.5, 0.6) is 0 Å². The highest BCUT2D eigenvalue weighted by Crippen LogP contribution is 2.27. The molecule has 3 aromatic rings. The molecule has 0 saturated carbocycles. The van der Waals surface area contributed by atoms with Crippen LogP contribution in [0.2, 0.25) is 5.02 Å². The molecule has 1 N–H and O–H groups in total. The highest BCUT2D eigenvalue weighted by atomic mass is 35.5. The molecule has 2 heterocycles. The number of piperazine rings is 1. The third-order valence-corrected chi connectivity index (χ3v) is 6.70. The number of fused-ring (bicyclic) bond motifs is 1. The maximum atomic E-state index is 13.6. The number of likely N-dealkylation sites (N-methyl/N-ethyl adjacent to an activating group) is 1. The fourth-order valence-corrected chi connectivity index (χ4v) is 4.78. The number of carbonyl (C=O) groups is 2. The molecule has 0 aliphatic carbocycles. The Hall–Kier alpha value is -3.07. The molecule has 0 atom stereocenters. The summed E-state index contributed by atoms with van der Waals surface area (Å²) >= 11 is 6.26. The van der Waals surface area contributed by atoms with Crippen LogP contribution in [0.1, 0.15) is 15.9 Å². The van der Waals surface area contributed by atoms with Crippen LogP contribution >= 0.6 is 11.6 Å². The minimum atomic E-state index is -0.101. The highest BCUT2D eigenvalue weighted by Gasteiger charge is 2.26. The minimum Gasteiger partial charge on any atom is -0.380 e. The van der Waals surface area contributed by atoms with Gasteiger partial charge in [-0.3, -0.25) is 9.59 Å². The van der Waals surface area contributed by atoms with Gasteiger partial charge in [0.25, 0.3) is 5.91 Å². The summed E-state index contributed by atoms with van der Waals surface area (Å²) in [5.74, 6) is -0.130. The number of para-hydroxylation sites is 1. The van der Waals surface area contributed by atoms with E-state index in [1.165, 1.54) is 0 Å². The van der Waals surface area contributed by atoms with Crippen LogP contribution in [0.25, 0.3) is 10.9 Å². The number of nitrogens with one attached hydrogen (secondary N) is 1. The van der Waals surface area contributed by atoms with E-state index in [0.29, 0.717) is 36.8 Å². The first-order chi connectivity index (χ1) is 17.4. The van der Waals surface area contributed by atoms with Gasteiger partial charge in [0.05, 0.1) is 17.7 Å². The zero-order valence-electron chi connectivity index (χ0n) is 21.2. The van der Waals surface area contributed by atoms with Gasteiger partial charge < -0.3 is 29.3 Å². The van der Waals surface area contributed by atoms with Gasteiger partial charge in [0, 0.05) is 74.2 Å². The summed E-state index contributed by atoms with van der Waals surface area (Å²) in [4.78, 5) is 32.4. The normalized spacial score (nSPS) is 14.0. The number of hydrogen-bond donors (Lipinski definition) is 1. The first kappa shape index (κ1) is 26.0.